The van der Waals surface area contributed by atoms with Crippen LogP contribution in [0.2, 0.25) is 0 Å². The van der Waals surface area contributed by atoms with Crippen LogP contribution in [0.15, 0.2) is 89.3 Å². The molecule has 0 aliphatic rings. The number of aromatic nitrogens is 1. The molecule has 0 fully saturated rings. The van der Waals surface area contributed by atoms with E-state index in [4.69, 9.17) is 19.2 Å². The number of carboxylic acids is 1. The molecule has 5 aromatic rings. The van der Waals surface area contributed by atoms with Crippen LogP contribution in [-0.2, 0) is 4.79 Å². The van der Waals surface area contributed by atoms with E-state index in [-0.39, 0.29) is 6.42 Å². The van der Waals surface area contributed by atoms with Crippen molar-refractivity contribution in [3.63, 3.8) is 0 Å². The Bertz CT molecular complexity index is 1450. The van der Waals surface area contributed by atoms with Crippen molar-refractivity contribution in [3.8, 4) is 39.8 Å². The van der Waals surface area contributed by atoms with E-state index >= 15 is 0 Å². The number of carboxylic acid groups (broad SMARTS) is 1. The minimum Gasteiger partial charge on any atom is -0.494 e. The SMILES string of the molecule is Cc1ccc(-c2nc(-c3ccc4cc(OCCCC(=O)O)ccc4c3)oc2-c2ccc(C)cc2)cc1. The summed E-state index contributed by atoms with van der Waals surface area (Å²) in [4.78, 5) is 15.6. The zero-order valence-corrected chi connectivity index (χ0v) is 20.3. The third-order valence-electron chi connectivity index (χ3n) is 6.13. The summed E-state index contributed by atoms with van der Waals surface area (Å²) in [6, 6.07) is 28.6. The van der Waals surface area contributed by atoms with Crippen LogP contribution in [0.1, 0.15) is 24.0 Å². The highest BCUT2D eigenvalue weighted by Gasteiger charge is 2.18. The first-order chi connectivity index (χ1) is 17.5. The van der Waals surface area contributed by atoms with Crippen molar-refractivity contribution in [2.24, 2.45) is 0 Å². The molecule has 0 saturated heterocycles. The number of nitrogens with zero attached hydrogens (tertiary/aromatic N) is 1. The van der Waals surface area contributed by atoms with Crippen molar-refractivity contribution in [3.05, 3.63) is 96.1 Å². The van der Waals surface area contributed by atoms with Gasteiger partial charge in [-0.3, -0.25) is 4.79 Å². The molecule has 1 aromatic heterocycles. The molecule has 36 heavy (non-hydrogen) atoms. The van der Waals surface area contributed by atoms with Crippen LogP contribution < -0.4 is 4.74 Å². The molecule has 5 nitrogen and oxygen atoms in total. The maximum atomic E-state index is 10.7. The number of rotatable bonds is 8. The molecule has 0 atom stereocenters. The van der Waals surface area contributed by atoms with Gasteiger partial charge in [-0.25, -0.2) is 4.98 Å². The quantitative estimate of drug-likeness (QED) is 0.232. The molecule has 0 aliphatic heterocycles. The Morgan fingerprint density at radius 1 is 0.806 bits per heavy atom. The van der Waals surface area contributed by atoms with Crippen LogP contribution in [0.3, 0.4) is 0 Å². The average Bonchev–Trinajstić information content (AvgIpc) is 3.32. The van der Waals surface area contributed by atoms with Crippen LogP contribution in [0.25, 0.3) is 44.8 Å². The van der Waals surface area contributed by atoms with Gasteiger partial charge in [-0.2, -0.15) is 0 Å². The molecular weight excluding hydrogens is 450 g/mol. The number of aryl methyl sites for hydroxylation is 2. The Morgan fingerprint density at radius 2 is 1.42 bits per heavy atom. The highest BCUT2D eigenvalue weighted by molar-refractivity contribution is 5.88. The van der Waals surface area contributed by atoms with Crippen LogP contribution >= 0.6 is 0 Å². The van der Waals surface area contributed by atoms with Gasteiger partial charge in [0, 0.05) is 23.1 Å². The summed E-state index contributed by atoms with van der Waals surface area (Å²) in [5, 5.41) is 10.8. The number of ether oxygens (including phenoxy) is 1. The molecule has 0 amide bonds. The molecule has 1 N–H and O–H groups in total. The van der Waals surface area contributed by atoms with E-state index in [1.165, 1.54) is 11.1 Å². The molecule has 0 saturated carbocycles. The number of hydrogen-bond acceptors (Lipinski definition) is 4. The van der Waals surface area contributed by atoms with Crippen LogP contribution in [0, 0.1) is 13.8 Å². The first-order valence-electron chi connectivity index (χ1n) is 12.0. The lowest BCUT2D eigenvalue weighted by atomic mass is 10.0. The lowest BCUT2D eigenvalue weighted by Gasteiger charge is -2.07. The van der Waals surface area contributed by atoms with Crippen molar-refractivity contribution in [2.45, 2.75) is 26.7 Å². The number of hydrogen-bond donors (Lipinski definition) is 1. The molecule has 0 aliphatic carbocycles. The maximum absolute atomic E-state index is 10.7. The lowest BCUT2D eigenvalue weighted by Crippen LogP contribution is -2.01. The fourth-order valence-electron chi connectivity index (χ4n) is 4.11. The van der Waals surface area contributed by atoms with Crippen molar-refractivity contribution in [1.29, 1.82) is 0 Å². The third-order valence-corrected chi connectivity index (χ3v) is 6.13. The predicted molar refractivity (Wildman–Crippen MR) is 142 cm³/mol. The van der Waals surface area contributed by atoms with Crippen molar-refractivity contribution >= 4 is 16.7 Å². The normalized spacial score (nSPS) is 11.1. The number of carbonyl (C=O) groups is 1. The van der Waals surface area contributed by atoms with E-state index in [1.54, 1.807) is 0 Å². The third kappa shape index (κ3) is 5.15. The van der Waals surface area contributed by atoms with Gasteiger partial charge in [0.05, 0.1) is 6.61 Å². The summed E-state index contributed by atoms with van der Waals surface area (Å²) in [6.45, 7) is 4.51. The van der Waals surface area contributed by atoms with Gasteiger partial charge >= 0.3 is 5.97 Å². The molecule has 0 bridgehead atoms. The van der Waals surface area contributed by atoms with Gasteiger partial charge in [0.1, 0.15) is 11.4 Å². The minimum absolute atomic E-state index is 0.0994. The lowest BCUT2D eigenvalue weighted by molar-refractivity contribution is -0.137. The molecule has 0 spiro atoms. The fraction of sp³-hybridized carbons (Fsp3) is 0.161. The largest absolute Gasteiger partial charge is 0.494 e. The molecular formula is C31H27NO4. The van der Waals surface area contributed by atoms with Crippen LogP contribution in [0.5, 0.6) is 5.75 Å². The van der Waals surface area contributed by atoms with E-state index in [0.717, 1.165) is 44.7 Å². The topological polar surface area (TPSA) is 72.6 Å². The first kappa shape index (κ1) is 23.4. The second kappa shape index (κ2) is 10.1. The first-order valence-corrected chi connectivity index (χ1v) is 12.0. The Morgan fingerprint density at radius 3 is 2.11 bits per heavy atom. The molecule has 0 unspecified atom stereocenters. The number of oxazole rings is 1. The summed E-state index contributed by atoms with van der Waals surface area (Å²) in [5.41, 5.74) is 6.09. The highest BCUT2D eigenvalue weighted by Crippen LogP contribution is 2.37. The Labute approximate surface area is 210 Å². The fourth-order valence-corrected chi connectivity index (χ4v) is 4.11. The number of aliphatic carboxylic acids is 1. The summed E-state index contributed by atoms with van der Waals surface area (Å²) >= 11 is 0. The van der Waals surface area contributed by atoms with E-state index in [9.17, 15) is 4.79 Å². The van der Waals surface area contributed by atoms with Gasteiger partial charge in [0.2, 0.25) is 5.89 Å². The Kier molecular flexibility index (Phi) is 6.54. The molecule has 0 radical (unpaired) electrons. The second-order valence-corrected chi connectivity index (χ2v) is 9.00. The van der Waals surface area contributed by atoms with Gasteiger partial charge in [-0.15, -0.1) is 0 Å². The van der Waals surface area contributed by atoms with Gasteiger partial charge in [0.25, 0.3) is 0 Å². The zero-order chi connectivity index (χ0) is 25.1. The molecule has 4 aromatic carbocycles. The van der Waals surface area contributed by atoms with Crippen molar-refractivity contribution in [1.82, 2.24) is 4.98 Å². The van der Waals surface area contributed by atoms with E-state index < -0.39 is 5.97 Å². The highest BCUT2D eigenvalue weighted by atomic mass is 16.5. The Hall–Kier alpha value is -4.38. The van der Waals surface area contributed by atoms with E-state index in [2.05, 4.69) is 68.4 Å². The number of benzene rings is 4. The second-order valence-electron chi connectivity index (χ2n) is 9.00. The van der Waals surface area contributed by atoms with Gasteiger partial charge in [-0.1, -0.05) is 71.8 Å². The van der Waals surface area contributed by atoms with Crippen molar-refractivity contribution in [2.75, 3.05) is 6.61 Å². The smallest absolute Gasteiger partial charge is 0.303 e. The maximum Gasteiger partial charge on any atom is 0.303 e. The minimum atomic E-state index is -0.813. The van der Waals surface area contributed by atoms with Crippen LogP contribution in [0.4, 0.5) is 0 Å². The van der Waals surface area contributed by atoms with Gasteiger partial charge in [-0.05, 0) is 55.3 Å². The summed E-state index contributed by atoms with van der Waals surface area (Å²) < 4.78 is 12.1. The predicted octanol–water partition coefficient (Wildman–Crippen LogP) is 7.69. The molecule has 1 heterocycles. The number of fused-ring (bicyclic) bond motifs is 1. The molecule has 5 heteroatoms. The van der Waals surface area contributed by atoms with Gasteiger partial charge in [0.15, 0.2) is 5.76 Å². The summed E-state index contributed by atoms with van der Waals surface area (Å²) in [7, 11) is 0. The van der Waals surface area contributed by atoms with E-state index in [0.29, 0.717) is 18.9 Å². The average molecular weight is 478 g/mol. The molecule has 180 valence electrons. The summed E-state index contributed by atoms with van der Waals surface area (Å²) in [6.07, 6.45) is 0.575. The van der Waals surface area contributed by atoms with Gasteiger partial charge < -0.3 is 14.3 Å². The van der Waals surface area contributed by atoms with Crippen LogP contribution in [-0.4, -0.2) is 22.7 Å². The monoisotopic (exact) mass is 477 g/mol. The molecule has 5 rings (SSSR count). The van der Waals surface area contributed by atoms with Crippen molar-refractivity contribution < 1.29 is 19.1 Å². The zero-order valence-electron chi connectivity index (χ0n) is 20.3. The Balaban J connectivity index is 1.48. The standard InChI is InChI=1S/C31H27NO4/c1-20-5-9-22(10-6-20)29-30(23-11-7-21(2)8-12-23)36-31(32-29)26-14-13-25-19-27(16-15-24(25)18-26)35-17-3-4-28(33)34/h5-16,18-19H,3-4,17H2,1-2H3,(H,33,34). The van der Waals surface area contributed by atoms with E-state index in [1.807, 2.05) is 30.3 Å². The summed E-state index contributed by atoms with van der Waals surface area (Å²) in [5.74, 6) is 1.23.